The molecule has 0 spiro atoms. The standard InChI is InChI=1S/C5H9O2.Zn/c1-4(2)5(6)7-3;/h4H,1H2,2-3H3;/q-1;. The molecule has 44 valence electrons. The van der Waals surface area contributed by atoms with Gasteiger partial charge in [-0.2, -0.15) is 0 Å². The topological polar surface area (TPSA) is 26.3 Å². The fraction of sp³-hybridized carbons (Fsp3) is 0.600. The summed E-state index contributed by atoms with van der Waals surface area (Å²) in [5.74, 6) is -0.509. The molecule has 0 aliphatic heterocycles. The molecule has 0 rings (SSSR count). The second kappa shape index (κ2) is 5.23. The first kappa shape index (κ1) is 11.0. The molecule has 0 aromatic heterocycles. The maximum atomic E-state index is 10.2. The second-order valence-electron chi connectivity index (χ2n) is 1.42. The molecule has 1 atom stereocenters. The quantitative estimate of drug-likeness (QED) is 0.324. The summed E-state index contributed by atoms with van der Waals surface area (Å²) in [6.07, 6.45) is 0. The van der Waals surface area contributed by atoms with Crippen LogP contribution < -0.4 is 0 Å². The number of hydrogen-bond donors (Lipinski definition) is 0. The maximum absolute atomic E-state index is 10.2. The van der Waals surface area contributed by atoms with E-state index in [1.807, 2.05) is 0 Å². The van der Waals surface area contributed by atoms with E-state index in [9.17, 15) is 4.79 Å². The third-order valence-corrected chi connectivity index (χ3v) is 0.604. The first-order valence-electron chi connectivity index (χ1n) is 2.09. The van der Waals surface area contributed by atoms with E-state index in [1.165, 1.54) is 7.11 Å². The summed E-state index contributed by atoms with van der Waals surface area (Å²) in [6.45, 7) is 5.12. The Balaban J connectivity index is 0. The van der Waals surface area contributed by atoms with E-state index in [0.29, 0.717) is 0 Å². The first-order chi connectivity index (χ1) is 3.18. The van der Waals surface area contributed by atoms with E-state index in [0.717, 1.165) is 0 Å². The van der Waals surface area contributed by atoms with Gasteiger partial charge in [-0.05, 0) is 0 Å². The van der Waals surface area contributed by atoms with Crippen LogP contribution in [0.2, 0.25) is 0 Å². The molecule has 0 aromatic carbocycles. The van der Waals surface area contributed by atoms with E-state index in [4.69, 9.17) is 0 Å². The molecule has 0 amide bonds. The van der Waals surface area contributed by atoms with Crippen molar-refractivity contribution in [1.29, 1.82) is 0 Å². The van der Waals surface area contributed by atoms with Crippen LogP contribution in [0.5, 0.6) is 0 Å². The van der Waals surface area contributed by atoms with E-state index in [-0.39, 0.29) is 31.4 Å². The van der Waals surface area contributed by atoms with Crippen LogP contribution in [0.3, 0.4) is 0 Å². The molecule has 0 aliphatic rings. The van der Waals surface area contributed by atoms with E-state index in [1.54, 1.807) is 6.92 Å². The van der Waals surface area contributed by atoms with Gasteiger partial charge < -0.3 is 11.7 Å². The molecule has 0 bridgehead atoms. The number of ether oxygens (including phenoxy) is 1. The van der Waals surface area contributed by atoms with Crippen molar-refractivity contribution in [3.05, 3.63) is 6.92 Å². The van der Waals surface area contributed by atoms with Gasteiger partial charge in [0.2, 0.25) is 0 Å². The molecule has 0 radical (unpaired) electrons. The van der Waals surface area contributed by atoms with Gasteiger partial charge in [0.05, 0.1) is 7.11 Å². The molecule has 0 fully saturated rings. The zero-order chi connectivity index (χ0) is 5.86. The molecule has 1 unspecified atom stereocenters. The van der Waals surface area contributed by atoms with Crippen molar-refractivity contribution < 1.29 is 29.0 Å². The molecule has 0 saturated carbocycles. The molecule has 0 saturated heterocycles. The monoisotopic (exact) mass is 165 g/mol. The van der Waals surface area contributed by atoms with Gasteiger partial charge in [-0.15, -0.1) is 0 Å². The number of rotatable bonds is 1. The molecule has 0 aromatic rings. The van der Waals surface area contributed by atoms with Crippen LogP contribution in [-0.2, 0) is 29.0 Å². The third kappa shape index (κ3) is 4.26. The fourth-order valence-electron chi connectivity index (χ4n) is 0.201. The zero-order valence-corrected chi connectivity index (χ0v) is 8.28. The minimum absolute atomic E-state index is 0. The Morgan fingerprint density at radius 1 is 1.75 bits per heavy atom. The van der Waals surface area contributed by atoms with Gasteiger partial charge >= 0.3 is 0 Å². The minimum atomic E-state index is -0.264. The SMILES string of the molecule is [CH2-]C(C)C(=O)OC.[Zn]. The number of carbonyl (C=O) groups excluding carboxylic acids is 1. The number of methoxy groups -OCH3 is 1. The summed E-state index contributed by atoms with van der Waals surface area (Å²) in [5.41, 5.74) is 0. The Morgan fingerprint density at radius 2 is 2.12 bits per heavy atom. The smallest absolute Gasteiger partial charge is 0.277 e. The first-order valence-corrected chi connectivity index (χ1v) is 2.09. The van der Waals surface area contributed by atoms with Crippen LogP contribution in [0.15, 0.2) is 0 Å². The van der Waals surface area contributed by atoms with Gasteiger partial charge in [-0.1, -0.05) is 12.8 Å². The van der Waals surface area contributed by atoms with Gasteiger partial charge in [0.15, 0.2) is 0 Å². The number of hydrogen-bond acceptors (Lipinski definition) is 2. The Morgan fingerprint density at radius 3 is 2.12 bits per heavy atom. The molecule has 0 aliphatic carbocycles. The van der Waals surface area contributed by atoms with Crippen molar-refractivity contribution in [2.75, 3.05) is 7.11 Å². The fourth-order valence-corrected chi connectivity index (χ4v) is 0.201. The molecule has 2 nitrogen and oxygen atoms in total. The molecule has 8 heavy (non-hydrogen) atoms. The Bertz CT molecular complexity index is 70.8. The van der Waals surface area contributed by atoms with Crippen LogP contribution >= 0.6 is 0 Å². The summed E-state index contributed by atoms with van der Waals surface area (Å²) in [5, 5.41) is 0. The second-order valence-corrected chi connectivity index (χ2v) is 1.42. The predicted octanol–water partition coefficient (Wildman–Crippen LogP) is 0.627. The normalized spacial score (nSPS) is 11.4. The van der Waals surface area contributed by atoms with Crippen LogP contribution in [-0.4, -0.2) is 13.1 Å². The van der Waals surface area contributed by atoms with E-state index in [2.05, 4.69) is 11.7 Å². The minimum Gasteiger partial charge on any atom is -0.471 e. The largest absolute Gasteiger partial charge is 0.471 e. The maximum Gasteiger partial charge on any atom is 0.277 e. The van der Waals surface area contributed by atoms with Crippen molar-refractivity contribution >= 4 is 5.97 Å². The third-order valence-electron chi connectivity index (χ3n) is 0.604. The van der Waals surface area contributed by atoms with Crippen molar-refractivity contribution in [1.82, 2.24) is 0 Å². The Kier molecular flexibility index (Phi) is 7.18. The molecular formula is C5H9O2Zn-. The van der Waals surface area contributed by atoms with E-state index < -0.39 is 0 Å². The number of esters is 1. The van der Waals surface area contributed by atoms with Crippen molar-refractivity contribution in [3.63, 3.8) is 0 Å². The van der Waals surface area contributed by atoms with Crippen LogP contribution in [0, 0.1) is 12.8 Å². The summed E-state index contributed by atoms with van der Waals surface area (Å²) in [7, 11) is 1.35. The average Bonchev–Trinajstić information content (AvgIpc) is 1.65. The van der Waals surface area contributed by atoms with Crippen LogP contribution in [0.4, 0.5) is 0 Å². The summed E-state index contributed by atoms with van der Waals surface area (Å²) >= 11 is 0. The zero-order valence-electron chi connectivity index (χ0n) is 5.31. The molecule has 0 N–H and O–H groups in total. The predicted molar refractivity (Wildman–Crippen MR) is 26.5 cm³/mol. The van der Waals surface area contributed by atoms with Gasteiger partial charge in [-0.3, -0.25) is 4.79 Å². The van der Waals surface area contributed by atoms with Gasteiger partial charge in [-0.25, -0.2) is 0 Å². The van der Waals surface area contributed by atoms with Gasteiger partial charge in [0, 0.05) is 19.5 Å². The average molecular weight is 167 g/mol. The van der Waals surface area contributed by atoms with Crippen molar-refractivity contribution in [2.24, 2.45) is 5.92 Å². The van der Waals surface area contributed by atoms with Crippen LogP contribution in [0.1, 0.15) is 6.92 Å². The van der Waals surface area contributed by atoms with E-state index >= 15 is 0 Å². The molecular weight excluding hydrogens is 157 g/mol. The molecule has 0 heterocycles. The van der Waals surface area contributed by atoms with Crippen molar-refractivity contribution in [2.45, 2.75) is 6.92 Å². The Labute approximate surface area is 62.4 Å². The van der Waals surface area contributed by atoms with Gasteiger partial charge in [0.1, 0.15) is 0 Å². The summed E-state index contributed by atoms with van der Waals surface area (Å²) < 4.78 is 4.31. The van der Waals surface area contributed by atoms with Crippen molar-refractivity contribution in [3.8, 4) is 0 Å². The number of carbonyl (C=O) groups is 1. The van der Waals surface area contributed by atoms with Gasteiger partial charge in [0.25, 0.3) is 5.97 Å². The molecule has 3 heteroatoms. The summed E-state index contributed by atoms with van der Waals surface area (Å²) in [6, 6.07) is 0. The van der Waals surface area contributed by atoms with Crippen LogP contribution in [0.25, 0.3) is 0 Å². The summed E-state index contributed by atoms with van der Waals surface area (Å²) in [4.78, 5) is 10.2. The Hall–Kier alpha value is 0.0934.